The van der Waals surface area contributed by atoms with Gasteiger partial charge in [-0.3, -0.25) is 9.59 Å². The third kappa shape index (κ3) is 29.1. The van der Waals surface area contributed by atoms with Crippen molar-refractivity contribution in [1.29, 1.82) is 0 Å². The largest absolute Gasteiger partial charge is 0.480 e. The second-order valence-corrected chi connectivity index (χ2v) is 13.0. The summed E-state index contributed by atoms with van der Waals surface area (Å²) in [5.41, 5.74) is 5.52. The number of hydrogen-bond donors (Lipinski definition) is 3. The highest BCUT2D eigenvalue weighted by Gasteiger charge is 2.23. The number of nitrogens with two attached hydrogens (primary N) is 1. The molecule has 0 aromatic rings. The Balaban J connectivity index is 4.35. The first-order valence-electron chi connectivity index (χ1n) is 18.9. The number of ether oxygens (including phenoxy) is 1. The lowest BCUT2D eigenvalue weighted by molar-refractivity contribution is -0.151. The molecule has 4 N–H and O–H groups in total. The molecule has 1 amide bonds. The third-order valence-electron chi connectivity index (χ3n) is 8.66. The molecule has 0 saturated heterocycles. The summed E-state index contributed by atoms with van der Waals surface area (Å²) in [7, 11) is 0. The third-order valence-corrected chi connectivity index (χ3v) is 8.66. The Labute approximate surface area is 271 Å². The van der Waals surface area contributed by atoms with Crippen LogP contribution in [0.25, 0.3) is 0 Å². The van der Waals surface area contributed by atoms with E-state index in [4.69, 9.17) is 10.5 Å². The number of carbonyl (C=O) groups is 3. The number of carboxylic acid groups (broad SMARTS) is 1. The van der Waals surface area contributed by atoms with Crippen LogP contribution in [-0.4, -0.2) is 41.6 Å². The summed E-state index contributed by atoms with van der Waals surface area (Å²) in [6, 6.07) is -0.963. The fourth-order valence-electron chi connectivity index (χ4n) is 5.81. The van der Waals surface area contributed by atoms with Gasteiger partial charge in [0.15, 0.2) is 0 Å². The number of nitrogens with one attached hydrogen (secondary N) is 1. The summed E-state index contributed by atoms with van der Waals surface area (Å²) in [5, 5.41) is 12.1. The van der Waals surface area contributed by atoms with Crippen molar-refractivity contribution in [2.75, 3.05) is 6.54 Å². The number of carbonyl (C=O) groups excluding carboxylic acids is 2. The van der Waals surface area contributed by atoms with Gasteiger partial charge < -0.3 is 20.9 Å². The van der Waals surface area contributed by atoms with E-state index in [9.17, 15) is 19.5 Å². The molecule has 0 bridgehead atoms. The van der Waals surface area contributed by atoms with E-state index in [2.05, 4.69) is 19.2 Å². The van der Waals surface area contributed by atoms with Gasteiger partial charge in [-0.15, -0.1) is 0 Å². The summed E-state index contributed by atoms with van der Waals surface area (Å²) in [4.78, 5) is 36.9. The summed E-state index contributed by atoms with van der Waals surface area (Å²) >= 11 is 0. The Morgan fingerprint density at radius 2 is 1.00 bits per heavy atom. The van der Waals surface area contributed by atoms with Crippen LogP contribution in [0.5, 0.6) is 0 Å². The van der Waals surface area contributed by atoms with Crippen molar-refractivity contribution in [2.24, 2.45) is 5.73 Å². The van der Waals surface area contributed by atoms with E-state index in [0.29, 0.717) is 32.2 Å². The lowest BCUT2D eigenvalue weighted by Gasteiger charge is -2.20. The van der Waals surface area contributed by atoms with E-state index in [1.807, 2.05) is 0 Å². The van der Waals surface area contributed by atoms with Crippen LogP contribution in [-0.2, 0) is 19.1 Å². The molecule has 0 aromatic heterocycles. The van der Waals surface area contributed by atoms with Gasteiger partial charge in [0.25, 0.3) is 0 Å². The molecule has 0 heterocycles. The zero-order valence-electron chi connectivity index (χ0n) is 29.0. The van der Waals surface area contributed by atoms with Crippen LogP contribution >= 0.6 is 0 Å². The van der Waals surface area contributed by atoms with E-state index in [-0.39, 0.29) is 18.3 Å². The molecule has 0 radical (unpaired) electrons. The van der Waals surface area contributed by atoms with E-state index < -0.39 is 18.1 Å². The number of amides is 1. The highest BCUT2D eigenvalue weighted by Crippen LogP contribution is 2.17. The minimum Gasteiger partial charge on any atom is -0.480 e. The molecule has 0 rings (SSSR count). The van der Waals surface area contributed by atoms with E-state index >= 15 is 0 Å². The first kappa shape index (κ1) is 42.4. The summed E-state index contributed by atoms with van der Waals surface area (Å²) in [6.07, 6.45) is 31.2. The lowest BCUT2D eigenvalue weighted by atomic mass is 10.0. The average Bonchev–Trinajstić information content (AvgIpc) is 3.00. The van der Waals surface area contributed by atoms with Crippen LogP contribution in [0.3, 0.4) is 0 Å². The van der Waals surface area contributed by atoms with Crippen LogP contribution in [0.2, 0.25) is 0 Å². The standard InChI is InChI=1S/C37H72N2O5/c1-3-5-7-9-11-13-15-16-18-20-22-24-26-30-36(41)44-33(32-35(40)39-34(37(42)43)29-27-31-38)28-25-23-21-19-17-14-12-10-8-6-4-2/h33-34H,3-32,38H2,1-2H3,(H,39,40)(H,42,43)/t33-,34+/m1/s1. The van der Waals surface area contributed by atoms with Gasteiger partial charge in [-0.1, -0.05) is 155 Å². The minimum atomic E-state index is -1.06. The highest BCUT2D eigenvalue weighted by atomic mass is 16.5. The number of esters is 1. The zero-order valence-corrected chi connectivity index (χ0v) is 29.0. The second kappa shape index (κ2) is 32.8. The van der Waals surface area contributed by atoms with E-state index in [0.717, 1.165) is 38.5 Å². The number of unbranched alkanes of at least 4 members (excludes halogenated alkanes) is 22. The van der Waals surface area contributed by atoms with Crippen molar-refractivity contribution in [3.8, 4) is 0 Å². The molecule has 44 heavy (non-hydrogen) atoms. The Morgan fingerprint density at radius 1 is 0.591 bits per heavy atom. The summed E-state index contributed by atoms with van der Waals surface area (Å²) in [5.74, 6) is -1.68. The predicted molar refractivity (Wildman–Crippen MR) is 184 cm³/mol. The first-order valence-corrected chi connectivity index (χ1v) is 18.9. The summed E-state index contributed by atoms with van der Waals surface area (Å²) in [6.45, 7) is 4.88. The van der Waals surface area contributed by atoms with E-state index in [1.54, 1.807) is 0 Å². The predicted octanol–water partition coefficient (Wildman–Crippen LogP) is 9.78. The molecule has 0 aliphatic heterocycles. The smallest absolute Gasteiger partial charge is 0.326 e. The molecule has 0 aliphatic rings. The number of rotatable bonds is 34. The van der Waals surface area contributed by atoms with E-state index in [1.165, 1.54) is 116 Å². The van der Waals surface area contributed by atoms with Crippen molar-refractivity contribution in [3.05, 3.63) is 0 Å². The Kier molecular flexibility index (Phi) is 31.5. The Hall–Kier alpha value is -1.63. The van der Waals surface area contributed by atoms with Gasteiger partial charge in [-0.05, 0) is 38.6 Å². The van der Waals surface area contributed by atoms with Gasteiger partial charge in [-0.25, -0.2) is 4.79 Å². The molecule has 0 saturated carbocycles. The Bertz CT molecular complexity index is 672. The molecule has 7 nitrogen and oxygen atoms in total. The molecule has 0 aliphatic carbocycles. The van der Waals surface area contributed by atoms with Crippen molar-refractivity contribution in [3.63, 3.8) is 0 Å². The van der Waals surface area contributed by atoms with Gasteiger partial charge >= 0.3 is 11.9 Å². The minimum absolute atomic E-state index is 0.00844. The molecule has 0 fully saturated rings. The fourth-order valence-corrected chi connectivity index (χ4v) is 5.81. The molecular formula is C37H72N2O5. The van der Waals surface area contributed by atoms with Gasteiger partial charge in [0.05, 0.1) is 6.42 Å². The molecule has 0 aromatic carbocycles. The van der Waals surface area contributed by atoms with Crippen LogP contribution in [0.4, 0.5) is 0 Å². The number of carboxylic acids is 1. The van der Waals surface area contributed by atoms with Gasteiger partial charge in [0.1, 0.15) is 12.1 Å². The Morgan fingerprint density at radius 3 is 1.41 bits per heavy atom. The topological polar surface area (TPSA) is 119 Å². The maximum absolute atomic E-state index is 12.7. The number of aliphatic carboxylic acids is 1. The van der Waals surface area contributed by atoms with Crippen molar-refractivity contribution >= 4 is 17.8 Å². The number of hydrogen-bond acceptors (Lipinski definition) is 5. The van der Waals surface area contributed by atoms with Crippen molar-refractivity contribution in [1.82, 2.24) is 5.32 Å². The first-order chi connectivity index (χ1) is 21.4. The lowest BCUT2D eigenvalue weighted by Crippen LogP contribution is -2.42. The molecular weight excluding hydrogens is 552 g/mol. The van der Waals surface area contributed by atoms with Crippen molar-refractivity contribution < 1.29 is 24.2 Å². The monoisotopic (exact) mass is 625 g/mol. The quantitative estimate of drug-likeness (QED) is 0.0484. The zero-order chi connectivity index (χ0) is 32.5. The van der Waals surface area contributed by atoms with Crippen LogP contribution in [0.1, 0.15) is 200 Å². The van der Waals surface area contributed by atoms with Gasteiger partial charge in [0, 0.05) is 6.42 Å². The second-order valence-electron chi connectivity index (χ2n) is 13.0. The van der Waals surface area contributed by atoms with Gasteiger partial charge in [0.2, 0.25) is 5.91 Å². The molecule has 260 valence electrons. The average molecular weight is 625 g/mol. The fraction of sp³-hybridized carbons (Fsp3) is 0.919. The normalized spacial score (nSPS) is 12.6. The highest BCUT2D eigenvalue weighted by molar-refractivity contribution is 5.84. The SMILES string of the molecule is CCCCCCCCCCCCCCCC(=O)O[C@H](CCCCCCCCCCCCC)CC(=O)N[C@@H](CCCN)C(=O)O. The van der Waals surface area contributed by atoms with Crippen LogP contribution in [0.15, 0.2) is 0 Å². The maximum atomic E-state index is 12.7. The van der Waals surface area contributed by atoms with Crippen LogP contribution in [0, 0.1) is 0 Å². The van der Waals surface area contributed by atoms with Crippen molar-refractivity contribution in [2.45, 2.75) is 212 Å². The molecule has 0 unspecified atom stereocenters. The molecule has 7 heteroatoms. The van der Waals surface area contributed by atoms with Crippen LogP contribution < -0.4 is 11.1 Å². The van der Waals surface area contributed by atoms with Gasteiger partial charge in [-0.2, -0.15) is 0 Å². The molecule has 0 spiro atoms. The summed E-state index contributed by atoms with van der Waals surface area (Å²) < 4.78 is 5.78. The maximum Gasteiger partial charge on any atom is 0.326 e. The molecule has 2 atom stereocenters.